The van der Waals surface area contributed by atoms with Gasteiger partial charge in [0.1, 0.15) is 5.82 Å². The van der Waals surface area contributed by atoms with Gasteiger partial charge in [0.05, 0.1) is 11.9 Å². The van der Waals surface area contributed by atoms with Crippen LogP contribution in [0.4, 0.5) is 10.5 Å². The van der Waals surface area contributed by atoms with Crippen LogP contribution in [0.15, 0.2) is 30.5 Å². The maximum atomic E-state index is 11.9. The summed E-state index contributed by atoms with van der Waals surface area (Å²) >= 11 is 0. The minimum Gasteiger partial charge on any atom is -0.342 e. The van der Waals surface area contributed by atoms with Crippen molar-refractivity contribution >= 4 is 11.7 Å². The lowest BCUT2D eigenvalue weighted by atomic mass is 9.97. The van der Waals surface area contributed by atoms with Gasteiger partial charge in [-0.15, -0.1) is 0 Å². The van der Waals surface area contributed by atoms with Crippen molar-refractivity contribution in [2.24, 2.45) is 5.41 Å². The van der Waals surface area contributed by atoms with Crippen LogP contribution >= 0.6 is 0 Å². The molecule has 0 aliphatic heterocycles. The number of anilines is 1. The summed E-state index contributed by atoms with van der Waals surface area (Å²) in [6.07, 6.45) is 1.79. The number of aryl methyl sites for hydroxylation is 1. The number of hydrogen-bond acceptors (Lipinski definition) is 2. The predicted octanol–water partition coefficient (Wildman–Crippen LogP) is 3.55. The summed E-state index contributed by atoms with van der Waals surface area (Å²) in [5.41, 5.74) is 2.74. The number of nitrogens with zero attached hydrogens (tertiary/aromatic N) is 1. The standard InChI is InChI=1S/C16H22N4O/c1-11-17-9-14(19-11)12-6-5-7-13(8-12)20-15(21)18-10-16(2,3)4/h5-9H,10H2,1-4H3,(H,17,19)(H2,18,20,21). The Bertz CT molecular complexity index is 625. The van der Waals surface area contributed by atoms with Gasteiger partial charge in [-0.2, -0.15) is 0 Å². The van der Waals surface area contributed by atoms with Gasteiger partial charge in [-0.05, 0) is 24.5 Å². The Morgan fingerprint density at radius 3 is 2.71 bits per heavy atom. The van der Waals surface area contributed by atoms with E-state index in [0.717, 1.165) is 22.8 Å². The molecule has 5 nitrogen and oxygen atoms in total. The predicted molar refractivity (Wildman–Crippen MR) is 85.2 cm³/mol. The lowest BCUT2D eigenvalue weighted by molar-refractivity contribution is 0.247. The monoisotopic (exact) mass is 286 g/mol. The van der Waals surface area contributed by atoms with E-state index >= 15 is 0 Å². The molecule has 1 heterocycles. The van der Waals surface area contributed by atoms with Crippen molar-refractivity contribution in [2.45, 2.75) is 27.7 Å². The second-order valence-electron chi connectivity index (χ2n) is 6.33. The number of aromatic nitrogens is 2. The molecule has 0 bridgehead atoms. The molecule has 0 saturated heterocycles. The maximum Gasteiger partial charge on any atom is 0.319 e. The minimum absolute atomic E-state index is 0.0621. The molecule has 0 aliphatic rings. The van der Waals surface area contributed by atoms with E-state index in [9.17, 15) is 4.79 Å². The fourth-order valence-corrected chi connectivity index (χ4v) is 1.85. The SMILES string of the molecule is Cc1ncc(-c2cccc(NC(=O)NCC(C)(C)C)c2)[nH]1. The third-order valence-electron chi connectivity index (χ3n) is 2.91. The fourth-order valence-electron chi connectivity index (χ4n) is 1.85. The number of hydrogen-bond donors (Lipinski definition) is 3. The van der Waals surface area contributed by atoms with Crippen LogP contribution in [0.3, 0.4) is 0 Å². The van der Waals surface area contributed by atoms with Crippen LogP contribution in [0, 0.1) is 12.3 Å². The van der Waals surface area contributed by atoms with Crippen LogP contribution in [0.1, 0.15) is 26.6 Å². The minimum atomic E-state index is -0.192. The molecular weight excluding hydrogens is 264 g/mol. The van der Waals surface area contributed by atoms with Crippen molar-refractivity contribution < 1.29 is 4.79 Å². The first-order chi connectivity index (χ1) is 9.83. The molecule has 0 fully saturated rings. The first kappa shape index (κ1) is 15.1. The highest BCUT2D eigenvalue weighted by atomic mass is 16.2. The van der Waals surface area contributed by atoms with Crippen molar-refractivity contribution in [2.75, 3.05) is 11.9 Å². The van der Waals surface area contributed by atoms with Gasteiger partial charge in [0.2, 0.25) is 0 Å². The Balaban J connectivity index is 2.03. The first-order valence-electron chi connectivity index (χ1n) is 7.00. The second kappa shape index (κ2) is 5.99. The summed E-state index contributed by atoms with van der Waals surface area (Å²) in [6.45, 7) is 8.77. The average Bonchev–Trinajstić information content (AvgIpc) is 2.83. The first-order valence-corrected chi connectivity index (χ1v) is 7.00. The van der Waals surface area contributed by atoms with E-state index in [1.54, 1.807) is 6.20 Å². The molecule has 1 aromatic carbocycles. The Labute approximate surface area is 125 Å². The maximum absolute atomic E-state index is 11.9. The van der Waals surface area contributed by atoms with Crippen molar-refractivity contribution in [3.05, 3.63) is 36.3 Å². The summed E-state index contributed by atoms with van der Waals surface area (Å²) in [7, 11) is 0. The third kappa shape index (κ3) is 4.63. The van der Waals surface area contributed by atoms with Crippen LogP contribution in [0.5, 0.6) is 0 Å². The molecule has 5 heteroatoms. The summed E-state index contributed by atoms with van der Waals surface area (Å²) < 4.78 is 0. The molecule has 2 rings (SSSR count). The highest BCUT2D eigenvalue weighted by molar-refractivity contribution is 5.90. The Morgan fingerprint density at radius 2 is 2.10 bits per heavy atom. The molecule has 2 amide bonds. The molecule has 2 aromatic rings. The number of amides is 2. The molecule has 0 radical (unpaired) electrons. The highest BCUT2D eigenvalue weighted by Crippen LogP contribution is 2.21. The van der Waals surface area contributed by atoms with Gasteiger partial charge in [0.15, 0.2) is 0 Å². The number of H-pyrrole nitrogens is 1. The van der Waals surface area contributed by atoms with E-state index in [1.165, 1.54) is 0 Å². The van der Waals surface area contributed by atoms with Crippen LogP contribution in [-0.2, 0) is 0 Å². The van der Waals surface area contributed by atoms with E-state index in [4.69, 9.17) is 0 Å². The number of nitrogens with one attached hydrogen (secondary N) is 3. The molecule has 21 heavy (non-hydrogen) atoms. The fraction of sp³-hybridized carbons (Fsp3) is 0.375. The highest BCUT2D eigenvalue weighted by Gasteiger charge is 2.12. The molecule has 0 spiro atoms. The lowest BCUT2D eigenvalue weighted by Gasteiger charge is -2.19. The van der Waals surface area contributed by atoms with Crippen LogP contribution in [0.25, 0.3) is 11.3 Å². The largest absolute Gasteiger partial charge is 0.342 e. The smallest absolute Gasteiger partial charge is 0.319 e. The Morgan fingerprint density at radius 1 is 1.33 bits per heavy atom. The molecule has 0 atom stereocenters. The summed E-state index contributed by atoms with van der Waals surface area (Å²) in [5.74, 6) is 0.867. The Kier molecular flexibility index (Phi) is 4.31. The van der Waals surface area contributed by atoms with E-state index in [2.05, 4.69) is 41.4 Å². The van der Waals surface area contributed by atoms with Crippen LogP contribution in [0.2, 0.25) is 0 Å². The van der Waals surface area contributed by atoms with Gasteiger partial charge in [0, 0.05) is 17.8 Å². The molecule has 0 saturated carbocycles. The Hall–Kier alpha value is -2.30. The normalized spacial score (nSPS) is 11.2. The van der Waals surface area contributed by atoms with Gasteiger partial charge < -0.3 is 15.6 Å². The number of aromatic amines is 1. The summed E-state index contributed by atoms with van der Waals surface area (Å²) in [4.78, 5) is 19.2. The van der Waals surface area contributed by atoms with Gasteiger partial charge in [0.25, 0.3) is 0 Å². The zero-order valence-electron chi connectivity index (χ0n) is 12.9. The lowest BCUT2D eigenvalue weighted by Crippen LogP contribution is -2.35. The van der Waals surface area contributed by atoms with E-state index < -0.39 is 0 Å². The number of imidazole rings is 1. The van der Waals surface area contributed by atoms with Gasteiger partial charge >= 0.3 is 6.03 Å². The molecule has 0 aliphatic carbocycles. The number of rotatable bonds is 3. The third-order valence-corrected chi connectivity index (χ3v) is 2.91. The van der Waals surface area contributed by atoms with Crippen molar-refractivity contribution in [3.63, 3.8) is 0 Å². The van der Waals surface area contributed by atoms with Crippen molar-refractivity contribution in [3.8, 4) is 11.3 Å². The molecule has 1 aromatic heterocycles. The summed E-state index contributed by atoms with van der Waals surface area (Å²) in [5, 5.41) is 5.71. The number of urea groups is 1. The topological polar surface area (TPSA) is 69.8 Å². The molecule has 3 N–H and O–H groups in total. The zero-order chi connectivity index (χ0) is 15.5. The number of carbonyl (C=O) groups is 1. The van der Waals surface area contributed by atoms with Gasteiger partial charge in [-0.25, -0.2) is 9.78 Å². The molecular formula is C16H22N4O. The van der Waals surface area contributed by atoms with Gasteiger partial charge in [-0.1, -0.05) is 32.9 Å². The van der Waals surface area contributed by atoms with Crippen LogP contribution < -0.4 is 10.6 Å². The number of carbonyl (C=O) groups excluding carboxylic acids is 1. The molecule has 112 valence electrons. The summed E-state index contributed by atoms with van der Waals surface area (Å²) in [6, 6.07) is 7.48. The quantitative estimate of drug-likeness (QED) is 0.807. The van der Waals surface area contributed by atoms with Crippen molar-refractivity contribution in [1.29, 1.82) is 0 Å². The van der Waals surface area contributed by atoms with Crippen molar-refractivity contribution in [1.82, 2.24) is 15.3 Å². The molecule has 0 unspecified atom stereocenters. The zero-order valence-corrected chi connectivity index (χ0v) is 12.9. The van der Waals surface area contributed by atoms with E-state index in [-0.39, 0.29) is 11.4 Å². The van der Waals surface area contributed by atoms with Gasteiger partial charge in [-0.3, -0.25) is 0 Å². The van der Waals surface area contributed by atoms with E-state index in [0.29, 0.717) is 6.54 Å². The number of benzene rings is 1. The average molecular weight is 286 g/mol. The van der Waals surface area contributed by atoms with Crippen LogP contribution in [-0.4, -0.2) is 22.5 Å². The van der Waals surface area contributed by atoms with E-state index in [1.807, 2.05) is 31.2 Å². The second-order valence-corrected chi connectivity index (χ2v) is 6.33.